The second-order valence-corrected chi connectivity index (χ2v) is 4.28. The van der Waals surface area contributed by atoms with Crippen molar-refractivity contribution in [3.05, 3.63) is 40.9 Å². The van der Waals surface area contributed by atoms with Gasteiger partial charge < -0.3 is 11.1 Å². The summed E-state index contributed by atoms with van der Waals surface area (Å²) in [6, 6.07) is 3.91. The Morgan fingerprint density at radius 1 is 1.58 bits per heavy atom. The molecule has 1 aromatic heterocycles. The second-order valence-electron chi connectivity index (χ2n) is 3.84. The smallest absolute Gasteiger partial charge is 0.276 e. The number of aryl methyl sites for hydroxylation is 1. The number of benzene rings is 1. The van der Waals surface area contributed by atoms with Crippen molar-refractivity contribution in [2.45, 2.75) is 13.5 Å². The summed E-state index contributed by atoms with van der Waals surface area (Å²) in [6.07, 6.45) is 1.38. The molecule has 100 valence electrons. The average molecular weight is 283 g/mol. The van der Waals surface area contributed by atoms with Crippen LogP contribution in [0, 0.1) is 5.82 Å². The quantitative estimate of drug-likeness (QED) is 0.908. The fourth-order valence-corrected chi connectivity index (χ4v) is 1.83. The van der Waals surface area contributed by atoms with Crippen LogP contribution in [0.2, 0.25) is 5.02 Å². The Balaban J connectivity index is 2.30. The van der Waals surface area contributed by atoms with E-state index in [-0.39, 0.29) is 17.1 Å². The number of aromatic nitrogens is 2. The van der Waals surface area contributed by atoms with E-state index in [0.717, 1.165) is 0 Å². The number of hydrogen-bond donors (Lipinski definition) is 2. The molecule has 0 saturated heterocycles. The first-order valence-corrected chi connectivity index (χ1v) is 5.98. The normalized spacial score (nSPS) is 10.5. The molecule has 0 fully saturated rings. The highest BCUT2D eigenvalue weighted by atomic mass is 35.5. The van der Waals surface area contributed by atoms with Crippen LogP contribution in [0.3, 0.4) is 0 Å². The van der Waals surface area contributed by atoms with Crippen LogP contribution in [0.4, 0.5) is 15.8 Å². The number of nitrogens with one attached hydrogen (secondary N) is 1. The molecule has 0 aliphatic rings. The molecule has 2 aromatic rings. The van der Waals surface area contributed by atoms with Gasteiger partial charge in [-0.05, 0) is 25.1 Å². The number of amides is 1. The number of hydrogen-bond acceptors (Lipinski definition) is 3. The van der Waals surface area contributed by atoms with E-state index >= 15 is 0 Å². The molecule has 0 radical (unpaired) electrons. The van der Waals surface area contributed by atoms with Gasteiger partial charge >= 0.3 is 0 Å². The Bertz CT molecular complexity index is 626. The molecule has 0 unspecified atom stereocenters. The van der Waals surface area contributed by atoms with E-state index < -0.39 is 11.7 Å². The number of nitrogen functional groups attached to an aromatic ring is 1. The number of nitrogens with zero attached hydrogens (tertiary/aromatic N) is 2. The van der Waals surface area contributed by atoms with E-state index in [1.54, 1.807) is 0 Å². The molecule has 0 spiro atoms. The van der Waals surface area contributed by atoms with E-state index in [1.807, 2.05) is 6.92 Å². The zero-order valence-electron chi connectivity index (χ0n) is 10.2. The molecule has 5 nitrogen and oxygen atoms in total. The SMILES string of the molecule is CCn1ncc(N)c1C(=O)Nc1cc(Cl)ccc1F. The first-order valence-electron chi connectivity index (χ1n) is 5.60. The van der Waals surface area contributed by atoms with Gasteiger partial charge in [0.25, 0.3) is 5.91 Å². The topological polar surface area (TPSA) is 72.9 Å². The van der Waals surface area contributed by atoms with Gasteiger partial charge in [0.2, 0.25) is 0 Å². The summed E-state index contributed by atoms with van der Waals surface area (Å²) < 4.78 is 15.0. The first-order chi connectivity index (χ1) is 9.02. The summed E-state index contributed by atoms with van der Waals surface area (Å²) in [5.74, 6) is -1.10. The fraction of sp³-hybridized carbons (Fsp3) is 0.167. The first kappa shape index (κ1) is 13.4. The lowest BCUT2D eigenvalue weighted by atomic mass is 10.2. The van der Waals surface area contributed by atoms with Crippen LogP contribution in [0.15, 0.2) is 24.4 Å². The summed E-state index contributed by atoms with van der Waals surface area (Å²) in [7, 11) is 0. The Hall–Kier alpha value is -2.08. The second kappa shape index (κ2) is 5.27. The van der Waals surface area contributed by atoms with Crippen molar-refractivity contribution >= 4 is 28.9 Å². The molecule has 0 atom stereocenters. The Morgan fingerprint density at radius 3 is 3.00 bits per heavy atom. The van der Waals surface area contributed by atoms with Crippen molar-refractivity contribution in [1.82, 2.24) is 9.78 Å². The molecule has 3 N–H and O–H groups in total. The van der Waals surface area contributed by atoms with Crippen LogP contribution in [0.5, 0.6) is 0 Å². The number of halogens is 2. The van der Waals surface area contributed by atoms with Gasteiger partial charge in [0.15, 0.2) is 0 Å². The van der Waals surface area contributed by atoms with Crippen LogP contribution in [-0.4, -0.2) is 15.7 Å². The Kier molecular flexibility index (Phi) is 3.71. The molecule has 1 aromatic carbocycles. The minimum Gasteiger partial charge on any atom is -0.396 e. The van der Waals surface area contributed by atoms with Gasteiger partial charge in [0.1, 0.15) is 11.5 Å². The van der Waals surface area contributed by atoms with E-state index in [2.05, 4.69) is 10.4 Å². The van der Waals surface area contributed by atoms with Crippen LogP contribution in [-0.2, 0) is 6.54 Å². The highest BCUT2D eigenvalue weighted by Crippen LogP contribution is 2.21. The lowest BCUT2D eigenvalue weighted by Crippen LogP contribution is -2.19. The zero-order chi connectivity index (χ0) is 14.0. The van der Waals surface area contributed by atoms with E-state index in [9.17, 15) is 9.18 Å². The number of nitrogens with two attached hydrogens (primary N) is 1. The fourth-order valence-electron chi connectivity index (χ4n) is 1.66. The van der Waals surface area contributed by atoms with Gasteiger partial charge in [-0.1, -0.05) is 11.6 Å². The van der Waals surface area contributed by atoms with Gasteiger partial charge in [-0.3, -0.25) is 9.48 Å². The maximum atomic E-state index is 13.5. The van der Waals surface area contributed by atoms with Crippen molar-refractivity contribution in [3.8, 4) is 0 Å². The maximum Gasteiger partial charge on any atom is 0.276 e. The van der Waals surface area contributed by atoms with Crippen molar-refractivity contribution in [2.24, 2.45) is 0 Å². The predicted octanol–water partition coefficient (Wildman–Crippen LogP) is 2.53. The monoisotopic (exact) mass is 282 g/mol. The highest BCUT2D eigenvalue weighted by Gasteiger charge is 2.17. The summed E-state index contributed by atoms with van der Waals surface area (Å²) in [5, 5.41) is 6.71. The number of carbonyl (C=O) groups excluding carboxylic acids is 1. The third kappa shape index (κ3) is 2.68. The molecule has 0 aliphatic carbocycles. The molecule has 0 saturated carbocycles. The standard InChI is InChI=1S/C12H12ClFN4O/c1-2-18-11(9(15)6-16-18)12(19)17-10-5-7(13)3-4-8(10)14/h3-6H,2,15H2,1H3,(H,17,19). The Morgan fingerprint density at radius 2 is 2.32 bits per heavy atom. The van der Waals surface area contributed by atoms with Crippen LogP contribution >= 0.6 is 11.6 Å². The van der Waals surface area contributed by atoms with E-state index in [4.69, 9.17) is 17.3 Å². The average Bonchev–Trinajstić information content (AvgIpc) is 2.75. The van der Waals surface area contributed by atoms with E-state index in [0.29, 0.717) is 11.6 Å². The van der Waals surface area contributed by atoms with Gasteiger partial charge in [0.05, 0.1) is 17.6 Å². The Labute approximate surface area is 114 Å². The van der Waals surface area contributed by atoms with Crippen molar-refractivity contribution in [1.29, 1.82) is 0 Å². The van der Waals surface area contributed by atoms with Crippen molar-refractivity contribution in [2.75, 3.05) is 11.1 Å². The third-order valence-corrected chi connectivity index (χ3v) is 2.79. The molecule has 1 heterocycles. The molecular formula is C12H12ClFN4O. The van der Waals surface area contributed by atoms with Gasteiger partial charge in [-0.2, -0.15) is 5.10 Å². The third-order valence-electron chi connectivity index (χ3n) is 2.56. The highest BCUT2D eigenvalue weighted by molar-refractivity contribution is 6.31. The van der Waals surface area contributed by atoms with Crippen molar-refractivity contribution in [3.63, 3.8) is 0 Å². The van der Waals surface area contributed by atoms with Gasteiger partial charge in [0, 0.05) is 11.6 Å². The lowest BCUT2D eigenvalue weighted by molar-refractivity contribution is 0.101. The number of carbonyl (C=O) groups is 1. The largest absolute Gasteiger partial charge is 0.396 e. The van der Waals surface area contributed by atoms with Crippen LogP contribution in [0.25, 0.3) is 0 Å². The minimum atomic E-state index is -0.570. The van der Waals surface area contributed by atoms with Gasteiger partial charge in [-0.25, -0.2) is 4.39 Å². The molecule has 1 amide bonds. The molecule has 0 bridgehead atoms. The summed E-state index contributed by atoms with van der Waals surface area (Å²) in [5.41, 5.74) is 6.11. The lowest BCUT2D eigenvalue weighted by Gasteiger charge is -2.08. The summed E-state index contributed by atoms with van der Waals surface area (Å²) >= 11 is 5.75. The molecule has 2 rings (SSSR count). The van der Waals surface area contributed by atoms with E-state index in [1.165, 1.54) is 29.1 Å². The summed E-state index contributed by atoms with van der Waals surface area (Å²) in [4.78, 5) is 12.1. The predicted molar refractivity (Wildman–Crippen MR) is 71.7 cm³/mol. The molecular weight excluding hydrogens is 271 g/mol. The molecule has 0 aliphatic heterocycles. The maximum absolute atomic E-state index is 13.5. The number of anilines is 2. The van der Waals surface area contributed by atoms with Gasteiger partial charge in [-0.15, -0.1) is 0 Å². The van der Waals surface area contributed by atoms with Crippen LogP contribution < -0.4 is 11.1 Å². The molecule has 19 heavy (non-hydrogen) atoms. The van der Waals surface area contributed by atoms with Crippen LogP contribution in [0.1, 0.15) is 17.4 Å². The summed E-state index contributed by atoms with van der Waals surface area (Å²) in [6.45, 7) is 2.31. The minimum absolute atomic E-state index is 0.000697. The molecule has 7 heteroatoms. The van der Waals surface area contributed by atoms with Crippen molar-refractivity contribution < 1.29 is 9.18 Å². The number of rotatable bonds is 3. The zero-order valence-corrected chi connectivity index (χ0v) is 10.9.